The maximum atomic E-state index is 3.22. The molecule has 3 aromatic rings. The van der Waals surface area contributed by atoms with Crippen LogP contribution in [0.15, 0.2) is 66.7 Å². The van der Waals surface area contributed by atoms with Gasteiger partial charge >= 0.3 is 0 Å². The SMILES string of the molecule is Cc1ccc(C#Cc2ccc3ccccc3c2)cc1. The van der Waals surface area contributed by atoms with Crippen molar-refractivity contribution in [1.82, 2.24) is 0 Å². The highest BCUT2D eigenvalue weighted by Crippen LogP contribution is 2.15. The molecule has 0 aromatic heterocycles. The standard InChI is InChI=1S/C19H14/c1-15-6-8-16(9-7-15)10-11-17-12-13-18-4-2-3-5-19(18)14-17/h2-9,12-14H,1H3. The van der Waals surface area contributed by atoms with Crippen molar-refractivity contribution in [2.75, 3.05) is 0 Å². The molecule has 0 N–H and O–H groups in total. The second-order valence-corrected chi connectivity index (χ2v) is 4.68. The zero-order valence-electron chi connectivity index (χ0n) is 10.9. The van der Waals surface area contributed by atoms with Gasteiger partial charge in [-0.3, -0.25) is 0 Å². The number of rotatable bonds is 0. The van der Waals surface area contributed by atoms with Gasteiger partial charge in [-0.2, -0.15) is 0 Å². The zero-order valence-corrected chi connectivity index (χ0v) is 10.9. The van der Waals surface area contributed by atoms with Crippen molar-refractivity contribution in [3.05, 3.63) is 83.4 Å². The Morgan fingerprint density at radius 2 is 1.26 bits per heavy atom. The van der Waals surface area contributed by atoms with Gasteiger partial charge in [0, 0.05) is 11.1 Å². The van der Waals surface area contributed by atoms with Crippen molar-refractivity contribution in [2.24, 2.45) is 0 Å². The van der Waals surface area contributed by atoms with Crippen LogP contribution in [0.25, 0.3) is 10.8 Å². The summed E-state index contributed by atoms with van der Waals surface area (Å²) in [5.41, 5.74) is 3.37. The van der Waals surface area contributed by atoms with Crippen molar-refractivity contribution in [2.45, 2.75) is 6.92 Å². The Morgan fingerprint density at radius 1 is 0.632 bits per heavy atom. The number of hydrogen-bond acceptors (Lipinski definition) is 0. The minimum Gasteiger partial charge on any atom is -0.0617 e. The fourth-order valence-electron chi connectivity index (χ4n) is 2.05. The van der Waals surface area contributed by atoms with E-state index in [2.05, 4.69) is 85.5 Å². The highest BCUT2D eigenvalue weighted by molar-refractivity contribution is 5.83. The zero-order chi connectivity index (χ0) is 13.1. The van der Waals surface area contributed by atoms with Gasteiger partial charge in [0.25, 0.3) is 0 Å². The van der Waals surface area contributed by atoms with E-state index in [1.54, 1.807) is 0 Å². The Bertz CT molecular complexity index is 768. The molecular weight excluding hydrogens is 228 g/mol. The van der Waals surface area contributed by atoms with Crippen molar-refractivity contribution < 1.29 is 0 Å². The highest BCUT2D eigenvalue weighted by atomic mass is 14.0. The Balaban J connectivity index is 1.95. The van der Waals surface area contributed by atoms with Crippen LogP contribution in [0, 0.1) is 18.8 Å². The van der Waals surface area contributed by atoms with Crippen LogP contribution in [0.5, 0.6) is 0 Å². The average Bonchev–Trinajstić information content (AvgIpc) is 2.46. The molecular formula is C19H14. The fraction of sp³-hybridized carbons (Fsp3) is 0.0526. The molecule has 0 atom stereocenters. The summed E-state index contributed by atoms with van der Waals surface area (Å²) in [5, 5.41) is 2.49. The first kappa shape index (κ1) is 11.6. The monoisotopic (exact) mass is 242 g/mol. The van der Waals surface area contributed by atoms with E-state index < -0.39 is 0 Å². The molecule has 0 unspecified atom stereocenters. The molecule has 3 aromatic carbocycles. The first-order valence-corrected chi connectivity index (χ1v) is 6.39. The lowest BCUT2D eigenvalue weighted by molar-refractivity contribution is 1.46. The minimum atomic E-state index is 1.05. The lowest BCUT2D eigenvalue weighted by Crippen LogP contribution is -1.78. The van der Waals surface area contributed by atoms with Gasteiger partial charge in [-0.05, 0) is 42.0 Å². The van der Waals surface area contributed by atoms with Gasteiger partial charge in [-0.15, -0.1) is 0 Å². The summed E-state index contributed by atoms with van der Waals surface area (Å²) in [5.74, 6) is 6.43. The van der Waals surface area contributed by atoms with Crippen LogP contribution in [0.2, 0.25) is 0 Å². The second-order valence-electron chi connectivity index (χ2n) is 4.68. The molecule has 0 aliphatic heterocycles. The summed E-state index contributed by atoms with van der Waals surface area (Å²) >= 11 is 0. The molecule has 0 aliphatic rings. The van der Waals surface area contributed by atoms with Crippen molar-refractivity contribution in [3.63, 3.8) is 0 Å². The second kappa shape index (κ2) is 5.00. The Hall–Kier alpha value is -2.52. The Labute approximate surface area is 113 Å². The number of aryl methyl sites for hydroxylation is 1. The average molecular weight is 242 g/mol. The predicted molar refractivity (Wildman–Crippen MR) is 81.1 cm³/mol. The molecule has 0 nitrogen and oxygen atoms in total. The molecule has 0 heterocycles. The van der Waals surface area contributed by atoms with E-state index in [1.165, 1.54) is 16.3 Å². The van der Waals surface area contributed by atoms with E-state index in [0.29, 0.717) is 0 Å². The smallest absolute Gasteiger partial charge is 0.0255 e. The summed E-state index contributed by atoms with van der Waals surface area (Å²) in [6.45, 7) is 2.08. The molecule has 0 amide bonds. The molecule has 90 valence electrons. The Kier molecular flexibility index (Phi) is 3.04. The van der Waals surface area contributed by atoms with Crippen molar-refractivity contribution >= 4 is 10.8 Å². The van der Waals surface area contributed by atoms with Gasteiger partial charge < -0.3 is 0 Å². The van der Waals surface area contributed by atoms with Crippen molar-refractivity contribution in [3.8, 4) is 11.8 Å². The van der Waals surface area contributed by atoms with Gasteiger partial charge in [0.15, 0.2) is 0 Å². The van der Waals surface area contributed by atoms with E-state index >= 15 is 0 Å². The van der Waals surface area contributed by atoms with E-state index in [4.69, 9.17) is 0 Å². The highest BCUT2D eigenvalue weighted by Gasteiger charge is 1.93. The molecule has 0 saturated heterocycles. The number of hydrogen-bond donors (Lipinski definition) is 0. The molecule has 0 saturated carbocycles. The van der Waals surface area contributed by atoms with Crippen molar-refractivity contribution in [1.29, 1.82) is 0 Å². The summed E-state index contributed by atoms with van der Waals surface area (Å²) in [6, 6.07) is 23.0. The van der Waals surface area contributed by atoms with Gasteiger partial charge in [0.1, 0.15) is 0 Å². The molecule has 0 aliphatic carbocycles. The Morgan fingerprint density at radius 3 is 2.05 bits per heavy atom. The van der Waals surface area contributed by atoms with Gasteiger partial charge in [-0.25, -0.2) is 0 Å². The molecule has 0 fully saturated rings. The molecule has 0 heteroatoms. The maximum absolute atomic E-state index is 3.22. The van der Waals surface area contributed by atoms with Crippen LogP contribution in [0.3, 0.4) is 0 Å². The van der Waals surface area contributed by atoms with Crippen LogP contribution in [-0.4, -0.2) is 0 Å². The third kappa shape index (κ3) is 2.67. The predicted octanol–water partition coefficient (Wildman–Crippen LogP) is 4.55. The molecule has 0 bridgehead atoms. The third-order valence-electron chi connectivity index (χ3n) is 3.15. The molecule has 3 rings (SSSR count). The molecule has 0 spiro atoms. The van der Waals surface area contributed by atoms with Crippen LogP contribution >= 0.6 is 0 Å². The summed E-state index contributed by atoms with van der Waals surface area (Å²) < 4.78 is 0. The van der Waals surface area contributed by atoms with E-state index in [9.17, 15) is 0 Å². The van der Waals surface area contributed by atoms with Gasteiger partial charge in [0.2, 0.25) is 0 Å². The number of fused-ring (bicyclic) bond motifs is 1. The summed E-state index contributed by atoms with van der Waals surface area (Å²) in [7, 11) is 0. The van der Waals surface area contributed by atoms with Crippen LogP contribution in [0.1, 0.15) is 16.7 Å². The van der Waals surface area contributed by atoms with E-state index in [1.807, 2.05) is 0 Å². The lowest BCUT2D eigenvalue weighted by atomic mass is 10.1. The summed E-state index contributed by atoms with van der Waals surface area (Å²) in [6.07, 6.45) is 0. The topological polar surface area (TPSA) is 0 Å². The first-order valence-electron chi connectivity index (χ1n) is 6.39. The third-order valence-corrected chi connectivity index (χ3v) is 3.15. The van der Waals surface area contributed by atoms with Crippen LogP contribution < -0.4 is 0 Å². The van der Waals surface area contributed by atoms with Gasteiger partial charge in [0.05, 0.1) is 0 Å². The summed E-state index contributed by atoms with van der Waals surface area (Å²) in [4.78, 5) is 0. The van der Waals surface area contributed by atoms with Crippen LogP contribution in [0.4, 0.5) is 0 Å². The molecule has 19 heavy (non-hydrogen) atoms. The van der Waals surface area contributed by atoms with E-state index in [-0.39, 0.29) is 0 Å². The normalized spacial score (nSPS) is 9.95. The van der Waals surface area contributed by atoms with Gasteiger partial charge in [-0.1, -0.05) is 59.9 Å². The van der Waals surface area contributed by atoms with E-state index in [0.717, 1.165) is 11.1 Å². The fourth-order valence-corrected chi connectivity index (χ4v) is 2.05. The molecule has 0 radical (unpaired) electrons. The lowest BCUT2D eigenvalue weighted by Gasteiger charge is -1.97. The van der Waals surface area contributed by atoms with Crippen LogP contribution in [-0.2, 0) is 0 Å². The maximum Gasteiger partial charge on any atom is 0.0255 e. The quantitative estimate of drug-likeness (QED) is 0.507. The first-order chi connectivity index (χ1) is 9.31. The number of benzene rings is 3. The minimum absolute atomic E-state index is 1.05. The largest absolute Gasteiger partial charge is 0.0617 e.